The topological polar surface area (TPSA) is 28.7 Å². The second kappa shape index (κ2) is 4.69. The van der Waals surface area contributed by atoms with E-state index in [-0.39, 0.29) is 0 Å². The van der Waals surface area contributed by atoms with Crippen LogP contribution in [0.15, 0.2) is 30.0 Å². The highest BCUT2D eigenvalue weighted by molar-refractivity contribution is 5.67. The Kier molecular flexibility index (Phi) is 3.02. The number of H-pyrrole nitrogens is 1. The fraction of sp³-hybridized carbons (Fsp3) is 0.353. The predicted octanol–water partition coefficient (Wildman–Crippen LogP) is 4.55. The van der Waals surface area contributed by atoms with Gasteiger partial charge in [-0.15, -0.1) is 0 Å². The first-order chi connectivity index (χ1) is 9.13. The van der Waals surface area contributed by atoms with Crippen molar-refractivity contribution in [2.45, 2.75) is 39.5 Å². The molecule has 19 heavy (non-hydrogen) atoms. The van der Waals surface area contributed by atoms with Gasteiger partial charge in [0.2, 0.25) is 0 Å². The molecule has 2 nitrogen and oxygen atoms in total. The third kappa shape index (κ3) is 2.35. The summed E-state index contributed by atoms with van der Waals surface area (Å²) in [5, 5.41) is 0. The van der Waals surface area contributed by atoms with E-state index in [9.17, 15) is 0 Å². The standard InChI is InChI=1S/C17H20N2/c1-11(2)17-18-10-16(19-17)15-7-6-13-8-12(3)4-5-14(13)9-15/h6-11H,4-5H2,1-3H3,(H,18,19). The van der Waals surface area contributed by atoms with E-state index < -0.39 is 0 Å². The molecule has 2 aromatic rings. The van der Waals surface area contributed by atoms with E-state index in [0.29, 0.717) is 5.92 Å². The van der Waals surface area contributed by atoms with Crippen LogP contribution >= 0.6 is 0 Å². The zero-order valence-corrected chi connectivity index (χ0v) is 11.8. The number of nitrogens with zero attached hydrogens (tertiary/aromatic N) is 1. The minimum Gasteiger partial charge on any atom is -0.342 e. The van der Waals surface area contributed by atoms with Crippen LogP contribution in [0.5, 0.6) is 0 Å². The molecule has 2 heteroatoms. The maximum Gasteiger partial charge on any atom is 0.109 e. The number of rotatable bonds is 2. The molecule has 0 spiro atoms. The van der Waals surface area contributed by atoms with Crippen molar-refractivity contribution in [1.82, 2.24) is 9.97 Å². The highest BCUT2D eigenvalue weighted by atomic mass is 14.9. The lowest BCUT2D eigenvalue weighted by atomic mass is 9.91. The third-order valence-electron chi connectivity index (χ3n) is 3.79. The molecule has 0 bridgehead atoms. The summed E-state index contributed by atoms with van der Waals surface area (Å²) in [5.41, 5.74) is 6.66. The Bertz CT molecular complexity index is 632. The van der Waals surface area contributed by atoms with Gasteiger partial charge in [-0.05, 0) is 42.5 Å². The minimum absolute atomic E-state index is 0.442. The first-order valence-corrected chi connectivity index (χ1v) is 6.99. The average molecular weight is 252 g/mol. The number of allylic oxidation sites excluding steroid dienone is 1. The molecule has 0 saturated carbocycles. The van der Waals surface area contributed by atoms with Crippen molar-refractivity contribution in [3.63, 3.8) is 0 Å². The van der Waals surface area contributed by atoms with E-state index in [4.69, 9.17) is 0 Å². The fourth-order valence-electron chi connectivity index (χ4n) is 2.58. The molecule has 0 saturated heterocycles. The summed E-state index contributed by atoms with van der Waals surface area (Å²) < 4.78 is 0. The van der Waals surface area contributed by atoms with Gasteiger partial charge in [0.1, 0.15) is 5.82 Å². The van der Waals surface area contributed by atoms with Gasteiger partial charge in [0.25, 0.3) is 0 Å². The zero-order chi connectivity index (χ0) is 13.4. The number of hydrogen-bond acceptors (Lipinski definition) is 1. The van der Waals surface area contributed by atoms with E-state index in [1.807, 2.05) is 6.20 Å². The Morgan fingerprint density at radius 2 is 2.05 bits per heavy atom. The second-order valence-electron chi connectivity index (χ2n) is 5.74. The number of fused-ring (bicyclic) bond motifs is 1. The molecule has 1 aromatic carbocycles. The smallest absolute Gasteiger partial charge is 0.109 e. The van der Waals surface area contributed by atoms with Crippen LogP contribution in [0.1, 0.15) is 50.1 Å². The van der Waals surface area contributed by atoms with Gasteiger partial charge in [0, 0.05) is 5.92 Å². The van der Waals surface area contributed by atoms with Crippen LogP contribution in [0, 0.1) is 0 Å². The van der Waals surface area contributed by atoms with Crippen molar-refractivity contribution in [2.24, 2.45) is 0 Å². The van der Waals surface area contributed by atoms with E-state index in [2.05, 4.69) is 55.0 Å². The predicted molar refractivity (Wildman–Crippen MR) is 80.1 cm³/mol. The summed E-state index contributed by atoms with van der Waals surface area (Å²) in [6.07, 6.45) is 6.57. The van der Waals surface area contributed by atoms with Gasteiger partial charge in [0.05, 0.1) is 11.9 Å². The number of aryl methyl sites for hydroxylation is 1. The van der Waals surface area contributed by atoms with E-state index in [0.717, 1.165) is 17.9 Å². The molecular formula is C17H20N2. The lowest BCUT2D eigenvalue weighted by Gasteiger charge is -2.14. The van der Waals surface area contributed by atoms with E-state index in [1.165, 1.54) is 28.7 Å². The highest BCUT2D eigenvalue weighted by Gasteiger charge is 2.11. The lowest BCUT2D eigenvalue weighted by Crippen LogP contribution is -1.97. The SMILES string of the molecule is CC1=Cc2ccc(-c3cnc(C(C)C)[nH]3)cc2CC1. The summed E-state index contributed by atoms with van der Waals surface area (Å²) in [7, 11) is 0. The normalized spacial score (nSPS) is 14.4. The molecule has 1 aromatic heterocycles. The lowest BCUT2D eigenvalue weighted by molar-refractivity contribution is 0.795. The number of benzene rings is 1. The molecule has 0 amide bonds. The Hall–Kier alpha value is -1.83. The molecule has 1 heterocycles. The average Bonchev–Trinajstić information content (AvgIpc) is 2.88. The van der Waals surface area contributed by atoms with Crippen LogP contribution in [0.2, 0.25) is 0 Å². The number of hydrogen-bond donors (Lipinski definition) is 1. The summed E-state index contributed by atoms with van der Waals surface area (Å²) in [5.74, 6) is 1.50. The maximum absolute atomic E-state index is 4.45. The van der Waals surface area contributed by atoms with Crippen molar-refractivity contribution < 1.29 is 0 Å². The Morgan fingerprint density at radius 3 is 2.79 bits per heavy atom. The van der Waals surface area contributed by atoms with E-state index in [1.54, 1.807) is 0 Å². The molecule has 0 unspecified atom stereocenters. The number of aromatic amines is 1. The molecule has 0 radical (unpaired) electrons. The Morgan fingerprint density at radius 1 is 1.21 bits per heavy atom. The number of aromatic nitrogens is 2. The maximum atomic E-state index is 4.45. The minimum atomic E-state index is 0.442. The molecule has 0 atom stereocenters. The molecule has 1 aliphatic rings. The van der Waals surface area contributed by atoms with Crippen molar-refractivity contribution in [1.29, 1.82) is 0 Å². The zero-order valence-electron chi connectivity index (χ0n) is 11.8. The highest BCUT2D eigenvalue weighted by Crippen LogP contribution is 2.28. The summed E-state index contributed by atoms with van der Waals surface area (Å²) in [6, 6.07) is 6.71. The van der Waals surface area contributed by atoms with Crippen LogP contribution in [0.25, 0.3) is 17.3 Å². The van der Waals surface area contributed by atoms with Crippen LogP contribution in [-0.4, -0.2) is 9.97 Å². The van der Waals surface area contributed by atoms with Crippen molar-refractivity contribution in [3.05, 3.63) is 46.9 Å². The summed E-state index contributed by atoms with van der Waals surface area (Å²) >= 11 is 0. The van der Waals surface area contributed by atoms with Crippen LogP contribution in [0.4, 0.5) is 0 Å². The first-order valence-electron chi connectivity index (χ1n) is 6.99. The van der Waals surface area contributed by atoms with Gasteiger partial charge in [-0.2, -0.15) is 0 Å². The molecule has 3 rings (SSSR count). The van der Waals surface area contributed by atoms with Crippen LogP contribution < -0.4 is 0 Å². The van der Waals surface area contributed by atoms with Gasteiger partial charge < -0.3 is 4.98 Å². The number of imidazole rings is 1. The van der Waals surface area contributed by atoms with Crippen molar-refractivity contribution in [2.75, 3.05) is 0 Å². The van der Waals surface area contributed by atoms with Gasteiger partial charge in [-0.3, -0.25) is 0 Å². The monoisotopic (exact) mass is 252 g/mol. The molecule has 1 aliphatic carbocycles. The molecule has 0 aliphatic heterocycles. The third-order valence-corrected chi connectivity index (χ3v) is 3.79. The Balaban J connectivity index is 1.98. The van der Waals surface area contributed by atoms with Gasteiger partial charge in [-0.1, -0.05) is 37.6 Å². The first kappa shape index (κ1) is 12.2. The molecule has 0 fully saturated rings. The quantitative estimate of drug-likeness (QED) is 0.834. The van der Waals surface area contributed by atoms with Crippen LogP contribution in [-0.2, 0) is 6.42 Å². The second-order valence-corrected chi connectivity index (χ2v) is 5.74. The summed E-state index contributed by atoms with van der Waals surface area (Å²) in [6.45, 7) is 6.52. The van der Waals surface area contributed by atoms with Crippen LogP contribution in [0.3, 0.4) is 0 Å². The summed E-state index contributed by atoms with van der Waals surface area (Å²) in [4.78, 5) is 7.87. The van der Waals surface area contributed by atoms with Crippen molar-refractivity contribution in [3.8, 4) is 11.3 Å². The molecule has 98 valence electrons. The van der Waals surface area contributed by atoms with Crippen molar-refractivity contribution >= 4 is 6.08 Å². The number of nitrogens with one attached hydrogen (secondary N) is 1. The van der Waals surface area contributed by atoms with Gasteiger partial charge in [0.15, 0.2) is 0 Å². The largest absolute Gasteiger partial charge is 0.342 e. The van der Waals surface area contributed by atoms with Gasteiger partial charge in [-0.25, -0.2) is 4.98 Å². The Labute approximate surface area is 114 Å². The molecular weight excluding hydrogens is 232 g/mol. The van der Waals surface area contributed by atoms with Gasteiger partial charge >= 0.3 is 0 Å². The fourth-order valence-corrected chi connectivity index (χ4v) is 2.58. The molecule has 1 N–H and O–H groups in total. The van der Waals surface area contributed by atoms with E-state index >= 15 is 0 Å².